The first-order chi connectivity index (χ1) is 15.1. The Morgan fingerprint density at radius 1 is 0.742 bits per heavy atom. The van der Waals surface area contributed by atoms with Crippen LogP contribution in [0, 0.1) is 0 Å². The molecule has 11 nitrogen and oxygen atoms in total. The second-order valence-electron chi connectivity index (χ2n) is 6.50. The molecule has 11 heteroatoms. The van der Waals surface area contributed by atoms with Crippen LogP contribution in [0.4, 0.5) is 9.59 Å². The first-order valence-corrected chi connectivity index (χ1v) is 10.6. The third kappa shape index (κ3) is 21.1. The minimum absolute atomic E-state index is 0.106. The third-order valence-electron chi connectivity index (χ3n) is 3.87. The van der Waals surface area contributed by atoms with Gasteiger partial charge in [-0.05, 0) is 32.1 Å². The summed E-state index contributed by atoms with van der Waals surface area (Å²) in [6.07, 6.45) is 2.76. The first-order valence-electron chi connectivity index (χ1n) is 10.6. The highest BCUT2D eigenvalue weighted by Gasteiger charge is 2.12. The molecule has 0 spiro atoms. The zero-order valence-electron chi connectivity index (χ0n) is 18.7. The van der Waals surface area contributed by atoms with E-state index in [1.165, 1.54) is 0 Å². The third-order valence-corrected chi connectivity index (χ3v) is 3.87. The minimum atomic E-state index is -0.663. The maximum absolute atomic E-state index is 11.7. The van der Waals surface area contributed by atoms with Crippen molar-refractivity contribution in [2.24, 2.45) is 0 Å². The van der Waals surface area contributed by atoms with Gasteiger partial charge in [-0.1, -0.05) is 0 Å². The van der Waals surface area contributed by atoms with Crippen LogP contribution >= 0.6 is 0 Å². The van der Waals surface area contributed by atoms with Crippen LogP contribution in [0.3, 0.4) is 0 Å². The molecule has 2 N–H and O–H groups in total. The predicted octanol–water partition coefficient (Wildman–Crippen LogP) is 1.28. The van der Waals surface area contributed by atoms with Crippen molar-refractivity contribution in [3.05, 3.63) is 0 Å². The number of amides is 2. The number of unbranched alkanes of at least 4 members (excludes halogenated alkanes) is 1. The van der Waals surface area contributed by atoms with Gasteiger partial charge in [-0.25, -0.2) is 9.59 Å². The summed E-state index contributed by atoms with van der Waals surface area (Å²) < 4.78 is 30.3. The Labute approximate surface area is 184 Å². The fourth-order valence-corrected chi connectivity index (χ4v) is 2.30. The second-order valence-corrected chi connectivity index (χ2v) is 6.50. The van der Waals surface area contributed by atoms with E-state index in [-0.39, 0.29) is 19.8 Å². The van der Waals surface area contributed by atoms with Crippen LogP contribution in [-0.4, -0.2) is 98.1 Å². The molecule has 1 atom stereocenters. The van der Waals surface area contributed by atoms with Crippen LogP contribution in [-0.2, 0) is 33.2 Å². The molecular formula is C20H38N2O9. The lowest BCUT2D eigenvalue weighted by Crippen LogP contribution is -2.37. The van der Waals surface area contributed by atoms with Gasteiger partial charge in [-0.3, -0.25) is 0 Å². The Morgan fingerprint density at radius 2 is 1.32 bits per heavy atom. The number of hydrogen-bond donors (Lipinski definition) is 2. The standard InChI is InChI=1S/C20H38N2O9/c1-26-9-5-11-28-13-15-30-19(24)21-8-4-3-7-18(17-23)22-20(25)31-16-14-29-12-6-10-27-2/h17-18H,3-16H2,1-2H3,(H,21,24)(H,22,25). The maximum atomic E-state index is 11.7. The van der Waals surface area contributed by atoms with Crippen molar-refractivity contribution in [2.75, 3.05) is 73.6 Å². The number of carbonyl (C=O) groups excluding carboxylic acids is 3. The number of carbonyl (C=O) groups is 3. The summed E-state index contributed by atoms with van der Waals surface area (Å²) in [6, 6.07) is -0.641. The minimum Gasteiger partial charge on any atom is -0.447 e. The van der Waals surface area contributed by atoms with Crippen molar-refractivity contribution >= 4 is 18.5 Å². The quantitative estimate of drug-likeness (QED) is 0.196. The lowest BCUT2D eigenvalue weighted by molar-refractivity contribution is -0.109. The lowest BCUT2D eigenvalue weighted by Gasteiger charge is -2.13. The molecule has 0 saturated heterocycles. The summed E-state index contributed by atoms with van der Waals surface area (Å²) in [5.41, 5.74) is 0. The van der Waals surface area contributed by atoms with Crippen molar-refractivity contribution < 1.29 is 42.8 Å². The highest BCUT2D eigenvalue weighted by Crippen LogP contribution is 1.99. The van der Waals surface area contributed by atoms with Gasteiger partial charge in [0, 0.05) is 47.2 Å². The maximum Gasteiger partial charge on any atom is 0.407 e. The van der Waals surface area contributed by atoms with Gasteiger partial charge in [0.15, 0.2) is 0 Å². The van der Waals surface area contributed by atoms with Gasteiger partial charge in [0.05, 0.1) is 19.3 Å². The SMILES string of the molecule is COCCCOCCOC(=O)NCCCCC(C=O)NC(=O)OCCOCCCOC. The van der Waals surface area contributed by atoms with Gasteiger partial charge < -0.3 is 43.8 Å². The molecule has 0 saturated carbocycles. The second kappa shape index (κ2) is 22.7. The highest BCUT2D eigenvalue weighted by atomic mass is 16.6. The van der Waals surface area contributed by atoms with Crippen LogP contribution in [0.25, 0.3) is 0 Å². The number of nitrogens with one attached hydrogen (secondary N) is 2. The molecular weight excluding hydrogens is 412 g/mol. The molecule has 1 unspecified atom stereocenters. The highest BCUT2D eigenvalue weighted by molar-refractivity contribution is 5.73. The van der Waals surface area contributed by atoms with Crippen molar-refractivity contribution in [3.8, 4) is 0 Å². The first kappa shape index (κ1) is 29.1. The number of methoxy groups -OCH3 is 2. The number of aldehydes is 1. The number of rotatable bonds is 21. The summed E-state index contributed by atoms with van der Waals surface area (Å²) in [5.74, 6) is 0. The van der Waals surface area contributed by atoms with Crippen LogP contribution < -0.4 is 10.6 Å². The predicted molar refractivity (Wildman–Crippen MR) is 112 cm³/mol. The lowest BCUT2D eigenvalue weighted by atomic mass is 10.1. The molecule has 0 aliphatic heterocycles. The summed E-state index contributed by atoms with van der Waals surface area (Å²) >= 11 is 0. The Kier molecular flexibility index (Phi) is 21.3. The van der Waals surface area contributed by atoms with E-state index in [9.17, 15) is 14.4 Å². The normalized spacial score (nSPS) is 11.5. The molecule has 0 aromatic heterocycles. The molecule has 2 amide bonds. The number of alkyl carbamates (subject to hydrolysis) is 2. The van der Waals surface area contributed by atoms with E-state index in [1.54, 1.807) is 14.2 Å². The Balaban J connectivity index is 3.59. The van der Waals surface area contributed by atoms with E-state index < -0.39 is 18.2 Å². The van der Waals surface area contributed by atoms with Gasteiger partial charge in [0.25, 0.3) is 0 Å². The van der Waals surface area contributed by atoms with Crippen molar-refractivity contribution in [3.63, 3.8) is 0 Å². The summed E-state index contributed by atoms with van der Waals surface area (Å²) in [4.78, 5) is 34.3. The summed E-state index contributed by atoms with van der Waals surface area (Å²) in [6.45, 7) is 3.64. The van der Waals surface area contributed by atoms with Crippen molar-refractivity contribution in [1.82, 2.24) is 10.6 Å². The molecule has 0 bridgehead atoms. The molecule has 0 fully saturated rings. The number of hydrogen-bond acceptors (Lipinski definition) is 9. The average molecular weight is 451 g/mol. The van der Waals surface area contributed by atoms with Crippen molar-refractivity contribution in [2.45, 2.75) is 38.1 Å². The van der Waals surface area contributed by atoms with Crippen LogP contribution in [0.5, 0.6) is 0 Å². The fourth-order valence-electron chi connectivity index (χ4n) is 2.30. The monoisotopic (exact) mass is 450 g/mol. The van der Waals surface area contributed by atoms with Crippen molar-refractivity contribution in [1.29, 1.82) is 0 Å². The van der Waals surface area contributed by atoms with Gasteiger partial charge >= 0.3 is 12.2 Å². The molecule has 182 valence electrons. The van der Waals surface area contributed by atoms with E-state index in [0.29, 0.717) is 65.1 Å². The average Bonchev–Trinajstić information content (AvgIpc) is 2.76. The topological polar surface area (TPSA) is 131 Å². The van der Waals surface area contributed by atoms with E-state index in [2.05, 4.69) is 10.6 Å². The van der Waals surface area contributed by atoms with Gasteiger partial charge in [-0.2, -0.15) is 0 Å². The van der Waals surface area contributed by atoms with E-state index >= 15 is 0 Å². The Hall–Kier alpha value is -1.95. The molecule has 0 radical (unpaired) electrons. The van der Waals surface area contributed by atoms with Crippen LogP contribution in [0.15, 0.2) is 0 Å². The molecule has 0 aliphatic rings. The zero-order valence-corrected chi connectivity index (χ0v) is 18.7. The van der Waals surface area contributed by atoms with E-state index in [0.717, 1.165) is 12.8 Å². The molecule has 0 heterocycles. The molecule has 0 aromatic carbocycles. The van der Waals surface area contributed by atoms with Crippen LogP contribution in [0.2, 0.25) is 0 Å². The smallest absolute Gasteiger partial charge is 0.407 e. The molecule has 0 aromatic rings. The Morgan fingerprint density at radius 3 is 1.87 bits per heavy atom. The fraction of sp³-hybridized carbons (Fsp3) is 0.850. The van der Waals surface area contributed by atoms with Gasteiger partial charge in [-0.15, -0.1) is 0 Å². The molecule has 0 aliphatic carbocycles. The zero-order chi connectivity index (χ0) is 23.0. The van der Waals surface area contributed by atoms with Gasteiger partial charge in [0.1, 0.15) is 19.5 Å². The summed E-state index contributed by atoms with van der Waals surface area (Å²) in [5, 5.41) is 5.11. The van der Waals surface area contributed by atoms with E-state index in [1.807, 2.05) is 0 Å². The van der Waals surface area contributed by atoms with Gasteiger partial charge in [0.2, 0.25) is 0 Å². The van der Waals surface area contributed by atoms with E-state index in [4.69, 9.17) is 28.4 Å². The Bertz CT molecular complexity index is 452. The molecule has 0 rings (SSSR count). The number of ether oxygens (including phenoxy) is 6. The summed E-state index contributed by atoms with van der Waals surface area (Å²) in [7, 11) is 3.24. The largest absolute Gasteiger partial charge is 0.447 e. The molecule has 31 heavy (non-hydrogen) atoms. The van der Waals surface area contributed by atoms with Crippen LogP contribution in [0.1, 0.15) is 32.1 Å².